The summed E-state index contributed by atoms with van der Waals surface area (Å²) in [6.45, 7) is 1.60. The minimum Gasteiger partial charge on any atom is -0.492 e. The number of esters is 1. The summed E-state index contributed by atoms with van der Waals surface area (Å²) in [5, 5.41) is 3.47. The number of nitrogens with one attached hydrogen (secondary N) is 2. The van der Waals surface area contributed by atoms with Gasteiger partial charge in [-0.15, -0.1) is 0 Å². The van der Waals surface area contributed by atoms with Crippen LogP contribution in [0.3, 0.4) is 0 Å². The lowest BCUT2D eigenvalue weighted by atomic mass is 9.86. The van der Waals surface area contributed by atoms with Crippen molar-refractivity contribution in [2.24, 2.45) is 5.92 Å². The van der Waals surface area contributed by atoms with Crippen LogP contribution in [-0.4, -0.2) is 46.3 Å². The van der Waals surface area contributed by atoms with E-state index in [2.05, 4.69) is 10.0 Å². The number of ether oxygens (including phenoxy) is 2. The van der Waals surface area contributed by atoms with E-state index in [1.54, 1.807) is 25.1 Å². The zero-order chi connectivity index (χ0) is 21.9. The van der Waals surface area contributed by atoms with Crippen molar-refractivity contribution >= 4 is 38.6 Å². The molecule has 0 atom stereocenters. The van der Waals surface area contributed by atoms with Crippen LogP contribution in [0.2, 0.25) is 0 Å². The molecule has 0 bridgehead atoms. The fraction of sp³-hybridized carbons (Fsp3) is 0.500. The van der Waals surface area contributed by atoms with Gasteiger partial charge in [0.1, 0.15) is 5.58 Å². The third-order valence-electron chi connectivity index (χ3n) is 5.31. The molecule has 1 aliphatic carbocycles. The number of sulfonamides is 1. The average molecular weight is 439 g/mol. The predicted molar refractivity (Wildman–Crippen MR) is 111 cm³/mol. The standard InChI is InChI=1S/C20H26N2O7S/c1-4-30(25,26)22-13-7-5-12(6-8-13)19(23)21-14-9-10-15-16(11-14)29-18(17(15)27-2)20(24)28-3/h9-13,22H,4-8H2,1-3H3,(H,21,23)/t12-,13-. The van der Waals surface area contributed by atoms with Crippen molar-refractivity contribution in [1.82, 2.24) is 4.72 Å². The zero-order valence-electron chi connectivity index (χ0n) is 17.2. The molecule has 1 aromatic heterocycles. The highest BCUT2D eigenvalue weighted by Crippen LogP contribution is 2.35. The van der Waals surface area contributed by atoms with E-state index >= 15 is 0 Å². The van der Waals surface area contributed by atoms with Gasteiger partial charge in [0.15, 0.2) is 5.75 Å². The predicted octanol–water partition coefficient (Wildman–Crippen LogP) is 2.66. The van der Waals surface area contributed by atoms with Crippen molar-refractivity contribution in [2.75, 3.05) is 25.3 Å². The van der Waals surface area contributed by atoms with Crippen LogP contribution in [0.5, 0.6) is 5.75 Å². The summed E-state index contributed by atoms with van der Waals surface area (Å²) in [6.07, 6.45) is 2.44. The van der Waals surface area contributed by atoms with Crippen LogP contribution in [0.15, 0.2) is 22.6 Å². The zero-order valence-corrected chi connectivity index (χ0v) is 18.0. The first-order valence-electron chi connectivity index (χ1n) is 9.77. The number of carbonyl (C=O) groups excluding carboxylic acids is 2. The SMILES string of the molecule is CCS(=O)(=O)N[C@H]1CC[C@H](C(=O)Nc2ccc3c(OC)c(C(=O)OC)oc3c2)CC1. The van der Waals surface area contributed by atoms with Crippen LogP contribution in [0, 0.1) is 5.92 Å². The summed E-state index contributed by atoms with van der Waals surface area (Å²) >= 11 is 0. The molecule has 10 heteroatoms. The van der Waals surface area contributed by atoms with Crippen LogP contribution in [-0.2, 0) is 19.6 Å². The molecule has 0 spiro atoms. The van der Waals surface area contributed by atoms with Gasteiger partial charge in [-0.1, -0.05) is 0 Å². The Morgan fingerprint density at radius 1 is 1.17 bits per heavy atom. The Morgan fingerprint density at radius 3 is 2.47 bits per heavy atom. The molecule has 0 unspecified atom stereocenters. The Hall–Kier alpha value is -2.59. The Kier molecular flexibility index (Phi) is 6.67. The minimum atomic E-state index is -3.24. The number of hydrogen-bond donors (Lipinski definition) is 2. The molecule has 1 heterocycles. The third-order valence-corrected chi connectivity index (χ3v) is 6.76. The van der Waals surface area contributed by atoms with Gasteiger partial charge in [0.25, 0.3) is 5.76 Å². The Bertz CT molecular complexity index is 1040. The van der Waals surface area contributed by atoms with Crippen LogP contribution in [0.25, 0.3) is 11.0 Å². The number of rotatable bonds is 7. The van der Waals surface area contributed by atoms with Gasteiger partial charge in [0.05, 0.1) is 25.4 Å². The summed E-state index contributed by atoms with van der Waals surface area (Å²) in [6, 6.07) is 4.92. The Balaban J connectivity index is 1.66. The van der Waals surface area contributed by atoms with Crippen molar-refractivity contribution in [2.45, 2.75) is 38.6 Å². The Morgan fingerprint density at radius 2 is 1.87 bits per heavy atom. The number of anilines is 1. The summed E-state index contributed by atoms with van der Waals surface area (Å²) in [4.78, 5) is 24.5. The number of hydrogen-bond acceptors (Lipinski definition) is 7. The van der Waals surface area contributed by atoms with Gasteiger partial charge in [-0.25, -0.2) is 17.9 Å². The lowest BCUT2D eigenvalue weighted by Gasteiger charge is -2.28. The maximum Gasteiger partial charge on any atom is 0.377 e. The summed E-state index contributed by atoms with van der Waals surface area (Å²) in [7, 11) is -0.556. The molecule has 1 saturated carbocycles. The van der Waals surface area contributed by atoms with Gasteiger partial charge in [-0.2, -0.15) is 0 Å². The minimum absolute atomic E-state index is 0.0358. The molecule has 1 fully saturated rings. The number of amides is 1. The number of fused-ring (bicyclic) bond motifs is 1. The van der Waals surface area contributed by atoms with Crippen LogP contribution >= 0.6 is 0 Å². The fourth-order valence-electron chi connectivity index (χ4n) is 3.64. The third kappa shape index (κ3) is 4.76. The van der Waals surface area contributed by atoms with Crippen molar-refractivity contribution < 1.29 is 31.9 Å². The molecule has 30 heavy (non-hydrogen) atoms. The van der Waals surface area contributed by atoms with Gasteiger partial charge in [-0.05, 0) is 44.7 Å². The molecular formula is C20H26N2O7S. The van der Waals surface area contributed by atoms with Gasteiger partial charge >= 0.3 is 5.97 Å². The first-order valence-corrected chi connectivity index (χ1v) is 11.4. The number of methoxy groups -OCH3 is 2. The second-order valence-corrected chi connectivity index (χ2v) is 9.27. The molecule has 1 amide bonds. The number of furan rings is 1. The first-order chi connectivity index (χ1) is 14.3. The first kappa shape index (κ1) is 22.1. The number of benzene rings is 1. The summed E-state index contributed by atoms with van der Waals surface area (Å²) in [5.41, 5.74) is 0.928. The van der Waals surface area contributed by atoms with Crippen molar-refractivity contribution in [3.63, 3.8) is 0 Å². The maximum absolute atomic E-state index is 12.7. The fourth-order valence-corrected chi connectivity index (χ4v) is 4.55. The molecule has 1 aromatic carbocycles. The highest BCUT2D eigenvalue weighted by atomic mass is 32.2. The average Bonchev–Trinajstić information content (AvgIpc) is 3.11. The van der Waals surface area contributed by atoms with Crippen molar-refractivity contribution in [3.8, 4) is 5.75 Å². The second-order valence-electron chi connectivity index (χ2n) is 7.23. The van der Waals surface area contributed by atoms with E-state index in [0.29, 0.717) is 42.3 Å². The van der Waals surface area contributed by atoms with Gasteiger partial charge in [-0.3, -0.25) is 4.79 Å². The van der Waals surface area contributed by atoms with Crippen LogP contribution in [0.4, 0.5) is 5.69 Å². The lowest BCUT2D eigenvalue weighted by molar-refractivity contribution is -0.120. The van der Waals surface area contributed by atoms with Crippen LogP contribution in [0.1, 0.15) is 43.2 Å². The summed E-state index contributed by atoms with van der Waals surface area (Å²) in [5.74, 6) is -0.679. The molecule has 0 saturated heterocycles. The van der Waals surface area contributed by atoms with Crippen molar-refractivity contribution in [3.05, 3.63) is 24.0 Å². The van der Waals surface area contributed by atoms with Gasteiger partial charge in [0, 0.05) is 23.7 Å². The van der Waals surface area contributed by atoms with Crippen LogP contribution < -0.4 is 14.8 Å². The monoisotopic (exact) mass is 438 g/mol. The summed E-state index contributed by atoms with van der Waals surface area (Å²) < 4.78 is 41.6. The second kappa shape index (κ2) is 9.05. The molecule has 2 N–H and O–H groups in total. The maximum atomic E-state index is 12.7. The Labute approximate surface area is 175 Å². The topological polar surface area (TPSA) is 124 Å². The van der Waals surface area contributed by atoms with E-state index in [0.717, 1.165) is 0 Å². The van der Waals surface area contributed by atoms with E-state index in [4.69, 9.17) is 13.9 Å². The van der Waals surface area contributed by atoms with Gasteiger partial charge < -0.3 is 19.2 Å². The molecule has 3 rings (SSSR count). The van der Waals surface area contributed by atoms with E-state index in [1.807, 2.05) is 0 Å². The lowest BCUT2D eigenvalue weighted by Crippen LogP contribution is -2.40. The molecule has 0 aliphatic heterocycles. The van der Waals surface area contributed by atoms with E-state index in [1.165, 1.54) is 14.2 Å². The molecule has 1 aliphatic rings. The van der Waals surface area contributed by atoms with E-state index < -0.39 is 16.0 Å². The highest BCUT2D eigenvalue weighted by Gasteiger charge is 2.28. The molecule has 164 valence electrons. The van der Waals surface area contributed by atoms with E-state index in [-0.39, 0.29) is 35.1 Å². The largest absolute Gasteiger partial charge is 0.492 e. The quantitative estimate of drug-likeness (QED) is 0.637. The van der Waals surface area contributed by atoms with Crippen molar-refractivity contribution in [1.29, 1.82) is 0 Å². The highest BCUT2D eigenvalue weighted by molar-refractivity contribution is 7.89. The van der Waals surface area contributed by atoms with Gasteiger partial charge in [0.2, 0.25) is 15.9 Å². The molecule has 2 aromatic rings. The smallest absolute Gasteiger partial charge is 0.377 e. The van der Waals surface area contributed by atoms with E-state index in [9.17, 15) is 18.0 Å². The molecule has 9 nitrogen and oxygen atoms in total. The number of carbonyl (C=O) groups is 2. The normalized spacial score (nSPS) is 19.4. The molecular weight excluding hydrogens is 412 g/mol. The molecule has 0 radical (unpaired) electrons.